The van der Waals surface area contributed by atoms with Gasteiger partial charge in [0.2, 0.25) is 0 Å². The standard InChI is InChI=1S/C56H37N3S/c1-3-4-16-42-35(2)53-47-21-11-10-19-45(47)48(34-50(53)44-18-9-8-17-43(42)44)37-25-29-40(30-26-37)56-58-54(38-14-6-5-7-15-38)57-55(59-56)39-27-23-36(24-28-39)41-31-32-52-49(33-41)46-20-12-13-22-51(46)60-52/h3-34H,1H2,2H3/b16-4-. The lowest BCUT2D eigenvalue weighted by Crippen LogP contribution is -2.00. The van der Waals surface area contributed by atoms with E-state index in [9.17, 15) is 0 Å². The van der Waals surface area contributed by atoms with Crippen molar-refractivity contribution in [3.05, 3.63) is 206 Å². The summed E-state index contributed by atoms with van der Waals surface area (Å²) in [6.45, 7) is 6.17. The van der Waals surface area contributed by atoms with Gasteiger partial charge in [0, 0.05) is 36.9 Å². The number of nitrogens with zero attached hydrogens (tertiary/aromatic N) is 3. The summed E-state index contributed by atoms with van der Waals surface area (Å²) in [6, 6.07) is 62.7. The van der Waals surface area contributed by atoms with Gasteiger partial charge < -0.3 is 0 Å². The van der Waals surface area contributed by atoms with Gasteiger partial charge in [-0.25, -0.2) is 15.0 Å². The maximum Gasteiger partial charge on any atom is 0.164 e. The number of aryl methyl sites for hydroxylation is 1. The highest BCUT2D eigenvalue weighted by molar-refractivity contribution is 7.25. The van der Waals surface area contributed by atoms with Gasteiger partial charge in [-0.2, -0.15) is 0 Å². The molecule has 60 heavy (non-hydrogen) atoms. The van der Waals surface area contributed by atoms with Crippen molar-refractivity contribution in [3.8, 4) is 56.4 Å². The molecule has 0 radical (unpaired) electrons. The number of rotatable bonds is 7. The van der Waals surface area contributed by atoms with Crippen molar-refractivity contribution >= 4 is 69.9 Å². The van der Waals surface area contributed by atoms with E-state index in [1.165, 1.54) is 74.7 Å². The minimum Gasteiger partial charge on any atom is -0.208 e. The first kappa shape index (κ1) is 35.6. The van der Waals surface area contributed by atoms with E-state index < -0.39 is 0 Å². The number of allylic oxidation sites excluding steroid dienone is 2. The summed E-state index contributed by atoms with van der Waals surface area (Å²) in [5, 5.41) is 10.1. The van der Waals surface area contributed by atoms with Crippen LogP contribution in [0.15, 0.2) is 195 Å². The van der Waals surface area contributed by atoms with Crippen LogP contribution in [0, 0.1) is 6.92 Å². The fourth-order valence-electron chi connectivity index (χ4n) is 8.77. The molecule has 0 fully saturated rings. The third kappa shape index (κ3) is 6.09. The molecule has 282 valence electrons. The summed E-state index contributed by atoms with van der Waals surface area (Å²) in [4.78, 5) is 15.2. The molecule has 3 nitrogen and oxygen atoms in total. The second-order valence-corrected chi connectivity index (χ2v) is 16.3. The third-order valence-corrected chi connectivity index (χ3v) is 12.9. The van der Waals surface area contributed by atoms with Gasteiger partial charge in [0.25, 0.3) is 0 Å². The lowest BCUT2D eigenvalue weighted by Gasteiger charge is -2.18. The molecule has 11 aromatic rings. The lowest BCUT2D eigenvalue weighted by molar-refractivity contribution is 1.07. The van der Waals surface area contributed by atoms with Gasteiger partial charge in [0.15, 0.2) is 17.5 Å². The Morgan fingerprint density at radius 3 is 1.62 bits per heavy atom. The highest BCUT2D eigenvalue weighted by Gasteiger charge is 2.17. The van der Waals surface area contributed by atoms with Crippen molar-refractivity contribution in [2.75, 3.05) is 0 Å². The molecule has 11 rings (SSSR count). The molecule has 0 bridgehead atoms. The van der Waals surface area contributed by atoms with Gasteiger partial charge in [0.05, 0.1) is 0 Å². The molecule has 0 spiro atoms. The largest absolute Gasteiger partial charge is 0.208 e. The molecule has 0 saturated heterocycles. The van der Waals surface area contributed by atoms with Gasteiger partial charge in [0.1, 0.15) is 0 Å². The number of hydrogen-bond donors (Lipinski definition) is 0. The topological polar surface area (TPSA) is 38.7 Å². The average molecular weight is 784 g/mol. The van der Waals surface area contributed by atoms with Crippen molar-refractivity contribution < 1.29 is 0 Å². The second kappa shape index (κ2) is 14.7. The van der Waals surface area contributed by atoms with E-state index >= 15 is 0 Å². The molecule has 0 atom stereocenters. The highest BCUT2D eigenvalue weighted by Crippen LogP contribution is 2.42. The first-order chi connectivity index (χ1) is 29.6. The molecule has 0 unspecified atom stereocenters. The fourth-order valence-corrected chi connectivity index (χ4v) is 9.85. The van der Waals surface area contributed by atoms with Crippen LogP contribution in [0.5, 0.6) is 0 Å². The average Bonchev–Trinajstić information content (AvgIpc) is 3.69. The van der Waals surface area contributed by atoms with Crippen molar-refractivity contribution in [3.63, 3.8) is 0 Å². The van der Waals surface area contributed by atoms with Crippen molar-refractivity contribution in [2.24, 2.45) is 0 Å². The van der Waals surface area contributed by atoms with Crippen LogP contribution in [0.1, 0.15) is 11.1 Å². The number of fused-ring (bicyclic) bond motifs is 8. The molecule has 0 N–H and O–H groups in total. The first-order valence-electron chi connectivity index (χ1n) is 20.2. The van der Waals surface area contributed by atoms with E-state index in [-0.39, 0.29) is 0 Å². The smallest absolute Gasteiger partial charge is 0.164 e. The van der Waals surface area contributed by atoms with E-state index in [1.807, 2.05) is 53.8 Å². The Morgan fingerprint density at radius 2 is 0.933 bits per heavy atom. The zero-order valence-corrected chi connectivity index (χ0v) is 33.7. The number of thiophene rings is 1. The predicted octanol–water partition coefficient (Wildman–Crippen LogP) is 15.5. The summed E-state index contributed by atoms with van der Waals surface area (Å²) in [5.41, 5.74) is 9.97. The van der Waals surface area contributed by atoms with Crippen molar-refractivity contribution in [2.45, 2.75) is 6.92 Å². The van der Waals surface area contributed by atoms with Gasteiger partial charge in [-0.3, -0.25) is 0 Å². The van der Waals surface area contributed by atoms with E-state index in [0.717, 1.165) is 27.8 Å². The molecular weight excluding hydrogens is 747 g/mol. The summed E-state index contributed by atoms with van der Waals surface area (Å²) >= 11 is 1.84. The van der Waals surface area contributed by atoms with Crippen molar-refractivity contribution in [1.82, 2.24) is 15.0 Å². The first-order valence-corrected chi connectivity index (χ1v) is 21.0. The van der Waals surface area contributed by atoms with Crippen LogP contribution in [0.3, 0.4) is 0 Å². The van der Waals surface area contributed by atoms with Gasteiger partial charge in [-0.15, -0.1) is 11.3 Å². The van der Waals surface area contributed by atoms with Gasteiger partial charge >= 0.3 is 0 Å². The maximum absolute atomic E-state index is 5.10. The molecule has 2 heterocycles. The predicted molar refractivity (Wildman–Crippen MR) is 256 cm³/mol. The Labute approximate surface area is 352 Å². The van der Waals surface area contributed by atoms with Crippen LogP contribution in [-0.4, -0.2) is 15.0 Å². The molecule has 0 amide bonds. The fraction of sp³-hybridized carbons (Fsp3) is 0.0179. The summed E-state index contributed by atoms with van der Waals surface area (Å²) < 4.78 is 2.61. The Morgan fingerprint density at radius 1 is 0.417 bits per heavy atom. The van der Waals surface area contributed by atoms with E-state index in [4.69, 9.17) is 15.0 Å². The number of aromatic nitrogens is 3. The number of hydrogen-bond acceptors (Lipinski definition) is 4. The minimum absolute atomic E-state index is 0.634. The molecule has 2 aromatic heterocycles. The van der Waals surface area contributed by atoms with Crippen molar-refractivity contribution in [1.29, 1.82) is 0 Å². The normalized spacial score (nSPS) is 11.8. The van der Waals surface area contributed by atoms with Gasteiger partial charge in [-0.1, -0.05) is 176 Å². The minimum atomic E-state index is 0.634. The van der Waals surface area contributed by atoms with Crippen LogP contribution in [0.2, 0.25) is 0 Å². The van der Waals surface area contributed by atoms with E-state index in [2.05, 4.69) is 165 Å². The summed E-state index contributed by atoms with van der Waals surface area (Å²) in [6.07, 6.45) is 6.06. The zero-order chi connectivity index (χ0) is 40.2. The number of benzene rings is 9. The molecule has 0 saturated carbocycles. The molecule has 0 aliphatic carbocycles. The quantitative estimate of drug-likeness (QED) is 0.119. The Bertz CT molecular complexity index is 3490. The SMILES string of the molecule is C=C/C=C\c1c(C)c2c3ccccc3c(-c3ccc(-c4nc(-c5ccccc5)nc(-c5ccc(-c6ccc7sc8ccccc8c7c6)cc5)n4)cc3)cc2c2ccccc12. The van der Waals surface area contributed by atoms with Crippen LogP contribution >= 0.6 is 11.3 Å². The van der Waals surface area contributed by atoms with Crippen LogP contribution in [0.4, 0.5) is 0 Å². The Hall–Kier alpha value is -7.53. The molecule has 0 aliphatic heterocycles. The highest BCUT2D eigenvalue weighted by atomic mass is 32.1. The second-order valence-electron chi connectivity index (χ2n) is 15.2. The monoisotopic (exact) mass is 783 g/mol. The van der Waals surface area contributed by atoms with Crippen LogP contribution in [-0.2, 0) is 0 Å². The molecule has 9 aromatic carbocycles. The third-order valence-electron chi connectivity index (χ3n) is 11.7. The van der Waals surface area contributed by atoms with E-state index in [1.54, 1.807) is 0 Å². The lowest BCUT2D eigenvalue weighted by atomic mass is 9.86. The molecular formula is C56H37N3S. The van der Waals surface area contributed by atoms with Crippen LogP contribution < -0.4 is 0 Å². The van der Waals surface area contributed by atoms with E-state index in [0.29, 0.717) is 17.5 Å². The Balaban J connectivity index is 0.998. The molecule has 0 aliphatic rings. The van der Waals surface area contributed by atoms with Gasteiger partial charge in [-0.05, 0) is 96.9 Å². The zero-order valence-electron chi connectivity index (χ0n) is 32.9. The summed E-state index contributed by atoms with van der Waals surface area (Å²) in [5.74, 6) is 1.91. The molecule has 4 heteroatoms. The van der Waals surface area contributed by atoms with Crippen LogP contribution in [0.25, 0.3) is 115 Å². The summed E-state index contributed by atoms with van der Waals surface area (Å²) in [7, 11) is 0. The maximum atomic E-state index is 5.10. The Kier molecular flexibility index (Phi) is 8.72.